The number of rotatable bonds is 4. The lowest BCUT2D eigenvalue weighted by atomic mass is 9.85. The van der Waals surface area contributed by atoms with Crippen LogP contribution in [0.3, 0.4) is 0 Å². The third-order valence-corrected chi connectivity index (χ3v) is 11.1. The van der Waals surface area contributed by atoms with Crippen molar-refractivity contribution >= 4 is 65.0 Å². The first kappa shape index (κ1) is 29.7. The Bertz CT molecular complexity index is 3140. The highest BCUT2D eigenvalue weighted by Gasteiger charge is 2.17. The van der Waals surface area contributed by atoms with E-state index in [4.69, 9.17) is 4.42 Å². The Morgan fingerprint density at radius 3 is 1.30 bits per heavy atom. The smallest absolute Gasteiger partial charge is 0.135 e. The van der Waals surface area contributed by atoms with E-state index in [2.05, 4.69) is 182 Å². The molecule has 1 aromatic heterocycles. The SMILES string of the molecule is c1ccc2c(c1)cc(-c1ccc(-c3c4ccccc4c(-c4ccc(-c5ccc6oc7ccccc7c6c5)cc4)c4ccccc34)cc1)c1ccccc12. The fourth-order valence-corrected chi connectivity index (χ4v) is 8.59. The van der Waals surface area contributed by atoms with Gasteiger partial charge >= 0.3 is 0 Å². The van der Waals surface area contributed by atoms with Crippen molar-refractivity contribution in [1.82, 2.24) is 0 Å². The minimum atomic E-state index is 0.918. The van der Waals surface area contributed by atoms with Crippen molar-refractivity contribution in [3.05, 3.63) is 194 Å². The van der Waals surface area contributed by atoms with Crippen molar-refractivity contribution in [3.8, 4) is 44.5 Å². The molecule has 0 saturated heterocycles. The van der Waals surface area contributed by atoms with E-state index >= 15 is 0 Å². The molecule has 0 bridgehead atoms. The first-order chi connectivity index (χ1) is 26.3. The Labute approximate surface area is 307 Å². The van der Waals surface area contributed by atoms with Gasteiger partial charge in [0, 0.05) is 10.8 Å². The van der Waals surface area contributed by atoms with E-state index in [1.165, 1.54) is 87.6 Å². The predicted octanol–water partition coefficient (Wildman–Crippen LogP) is 14.9. The molecule has 53 heavy (non-hydrogen) atoms. The number of hydrogen-bond acceptors (Lipinski definition) is 1. The topological polar surface area (TPSA) is 13.1 Å². The minimum absolute atomic E-state index is 0.918. The van der Waals surface area contributed by atoms with Crippen LogP contribution < -0.4 is 0 Å². The van der Waals surface area contributed by atoms with Gasteiger partial charge in [0.2, 0.25) is 0 Å². The molecule has 0 aliphatic heterocycles. The molecule has 0 spiro atoms. The monoisotopic (exact) mass is 672 g/mol. The lowest BCUT2D eigenvalue weighted by Gasteiger charge is -2.18. The highest BCUT2D eigenvalue weighted by atomic mass is 16.3. The molecule has 0 fully saturated rings. The molecule has 0 unspecified atom stereocenters. The Balaban J connectivity index is 1.03. The predicted molar refractivity (Wildman–Crippen MR) is 225 cm³/mol. The number of benzene rings is 10. The van der Waals surface area contributed by atoms with Crippen LogP contribution in [-0.2, 0) is 0 Å². The van der Waals surface area contributed by atoms with Crippen LogP contribution in [0.2, 0.25) is 0 Å². The van der Waals surface area contributed by atoms with Crippen LogP contribution in [0.1, 0.15) is 0 Å². The van der Waals surface area contributed by atoms with Gasteiger partial charge in [0.25, 0.3) is 0 Å². The highest BCUT2D eigenvalue weighted by Crippen LogP contribution is 2.45. The number of para-hydroxylation sites is 1. The maximum Gasteiger partial charge on any atom is 0.135 e. The van der Waals surface area contributed by atoms with Crippen molar-refractivity contribution in [1.29, 1.82) is 0 Å². The summed E-state index contributed by atoms with van der Waals surface area (Å²) in [6, 6.07) is 70.6. The minimum Gasteiger partial charge on any atom is -0.456 e. The van der Waals surface area contributed by atoms with E-state index in [-0.39, 0.29) is 0 Å². The van der Waals surface area contributed by atoms with Crippen LogP contribution >= 0.6 is 0 Å². The Morgan fingerprint density at radius 2 is 0.679 bits per heavy atom. The Morgan fingerprint density at radius 1 is 0.245 bits per heavy atom. The first-order valence-corrected chi connectivity index (χ1v) is 18.3. The summed E-state index contributed by atoms with van der Waals surface area (Å²) in [5.41, 5.74) is 11.7. The summed E-state index contributed by atoms with van der Waals surface area (Å²) >= 11 is 0. The summed E-state index contributed by atoms with van der Waals surface area (Å²) in [7, 11) is 0. The summed E-state index contributed by atoms with van der Waals surface area (Å²) < 4.78 is 6.10. The second-order valence-electron chi connectivity index (χ2n) is 14.0. The van der Waals surface area contributed by atoms with Gasteiger partial charge in [-0.3, -0.25) is 0 Å². The molecule has 10 aromatic carbocycles. The molecule has 0 saturated carbocycles. The third kappa shape index (κ3) is 4.71. The molecule has 0 aliphatic carbocycles. The summed E-state index contributed by atoms with van der Waals surface area (Å²) in [6.07, 6.45) is 0. The van der Waals surface area contributed by atoms with E-state index in [0.29, 0.717) is 0 Å². The van der Waals surface area contributed by atoms with E-state index in [9.17, 15) is 0 Å². The average Bonchev–Trinajstić information content (AvgIpc) is 3.61. The summed E-state index contributed by atoms with van der Waals surface area (Å²) in [6.45, 7) is 0. The van der Waals surface area contributed by atoms with Gasteiger partial charge in [-0.15, -0.1) is 0 Å². The first-order valence-electron chi connectivity index (χ1n) is 18.3. The van der Waals surface area contributed by atoms with Crippen LogP contribution in [0.5, 0.6) is 0 Å². The van der Waals surface area contributed by atoms with Crippen molar-refractivity contribution in [2.75, 3.05) is 0 Å². The molecule has 1 heterocycles. The fraction of sp³-hybridized carbons (Fsp3) is 0. The van der Waals surface area contributed by atoms with Crippen LogP contribution in [-0.4, -0.2) is 0 Å². The second kappa shape index (κ2) is 11.8. The van der Waals surface area contributed by atoms with Crippen LogP contribution in [0, 0.1) is 0 Å². The molecular formula is C52H32O. The maximum atomic E-state index is 6.10. The van der Waals surface area contributed by atoms with E-state index in [0.717, 1.165) is 21.9 Å². The molecule has 0 N–H and O–H groups in total. The van der Waals surface area contributed by atoms with E-state index < -0.39 is 0 Å². The van der Waals surface area contributed by atoms with Gasteiger partial charge in [0.15, 0.2) is 0 Å². The molecule has 1 heteroatoms. The van der Waals surface area contributed by atoms with Gasteiger partial charge in [-0.2, -0.15) is 0 Å². The van der Waals surface area contributed by atoms with Crippen molar-refractivity contribution < 1.29 is 4.42 Å². The maximum absolute atomic E-state index is 6.10. The summed E-state index contributed by atoms with van der Waals surface area (Å²) in [4.78, 5) is 0. The lowest BCUT2D eigenvalue weighted by molar-refractivity contribution is 0.669. The number of furan rings is 1. The van der Waals surface area contributed by atoms with Gasteiger partial charge in [0.05, 0.1) is 0 Å². The molecule has 11 aromatic rings. The Kier molecular flexibility index (Phi) is 6.62. The summed E-state index contributed by atoms with van der Waals surface area (Å²) in [5.74, 6) is 0. The second-order valence-corrected chi connectivity index (χ2v) is 14.0. The molecule has 11 rings (SSSR count). The van der Waals surface area contributed by atoms with Gasteiger partial charge < -0.3 is 4.42 Å². The average molecular weight is 673 g/mol. The van der Waals surface area contributed by atoms with Gasteiger partial charge in [0.1, 0.15) is 11.2 Å². The molecule has 0 amide bonds. The van der Waals surface area contributed by atoms with Crippen LogP contribution in [0.15, 0.2) is 199 Å². The zero-order valence-corrected chi connectivity index (χ0v) is 28.9. The highest BCUT2D eigenvalue weighted by molar-refractivity contribution is 6.21. The zero-order valence-electron chi connectivity index (χ0n) is 28.9. The molecule has 0 aliphatic rings. The standard InChI is InChI=1S/C52H32O/c1-2-12-39-38(11-1)32-47(41-14-4-3-13-40(39)41)34-23-27-36(28-24-34)52-45-18-7-5-16-43(45)51(44-17-6-8-19-46(44)52)35-25-21-33(22-26-35)37-29-30-50-48(31-37)42-15-9-10-20-49(42)53-50/h1-32H. The third-order valence-electron chi connectivity index (χ3n) is 11.1. The molecule has 0 atom stereocenters. The van der Waals surface area contributed by atoms with Crippen LogP contribution in [0.25, 0.3) is 110 Å². The molecular weight excluding hydrogens is 641 g/mol. The van der Waals surface area contributed by atoms with Crippen molar-refractivity contribution in [2.45, 2.75) is 0 Å². The van der Waals surface area contributed by atoms with Gasteiger partial charge in [-0.1, -0.05) is 170 Å². The normalized spacial score (nSPS) is 11.8. The molecule has 0 radical (unpaired) electrons. The largest absolute Gasteiger partial charge is 0.456 e. The van der Waals surface area contributed by atoms with Gasteiger partial charge in [-0.25, -0.2) is 0 Å². The van der Waals surface area contributed by atoms with Crippen molar-refractivity contribution in [3.63, 3.8) is 0 Å². The summed E-state index contributed by atoms with van der Waals surface area (Å²) in [5, 5.41) is 12.4. The van der Waals surface area contributed by atoms with Crippen LogP contribution in [0.4, 0.5) is 0 Å². The number of hydrogen-bond donors (Lipinski definition) is 0. The fourth-order valence-electron chi connectivity index (χ4n) is 8.59. The van der Waals surface area contributed by atoms with Gasteiger partial charge in [-0.05, 0) is 112 Å². The quantitative estimate of drug-likeness (QED) is 0.134. The Hall–Kier alpha value is -6.96. The molecule has 1 nitrogen and oxygen atoms in total. The zero-order chi connectivity index (χ0) is 34.9. The number of fused-ring (bicyclic) bond motifs is 8. The van der Waals surface area contributed by atoms with E-state index in [1.54, 1.807) is 0 Å². The lowest BCUT2D eigenvalue weighted by Crippen LogP contribution is -1.91. The van der Waals surface area contributed by atoms with Crippen molar-refractivity contribution in [2.24, 2.45) is 0 Å². The molecule has 246 valence electrons. The van der Waals surface area contributed by atoms with E-state index in [1.807, 2.05) is 12.1 Å².